The third kappa shape index (κ3) is 3.02. The van der Waals surface area contributed by atoms with E-state index in [4.69, 9.17) is 9.78 Å². The van der Waals surface area contributed by atoms with E-state index in [1.165, 1.54) is 12.2 Å². The van der Waals surface area contributed by atoms with Gasteiger partial charge in [-0.3, -0.25) is 19.2 Å². The van der Waals surface area contributed by atoms with Gasteiger partial charge in [-0.2, -0.15) is 0 Å². The molecule has 2 aliphatic heterocycles. The van der Waals surface area contributed by atoms with Crippen molar-refractivity contribution >= 4 is 23.9 Å². The molecule has 1 aromatic carbocycles. The van der Waals surface area contributed by atoms with Crippen LogP contribution in [0.2, 0.25) is 0 Å². The Hall–Kier alpha value is -3.24. The molecule has 0 fully saturated rings. The van der Waals surface area contributed by atoms with Crippen LogP contribution in [0.15, 0.2) is 36.4 Å². The first-order valence-corrected chi connectivity index (χ1v) is 8.20. The zero-order valence-electron chi connectivity index (χ0n) is 14.3. The normalized spacial score (nSPS) is 24.9. The van der Waals surface area contributed by atoms with Crippen LogP contribution in [0.5, 0.6) is 0 Å². The van der Waals surface area contributed by atoms with Gasteiger partial charge < -0.3 is 20.4 Å². The van der Waals surface area contributed by atoms with Gasteiger partial charge in [0.15, 0.2) is 11.8 Å². The van der Waals surface area contributed by atoms with Crippen LogP contribution < -0.4 is 0 Å². The summed E-state index contributed by atoms with van der Waals surface area (Å²) >= 11 is 0. The van der Waals surface area contributed by atoms with Crippen LogP contribution in [0.4, 0.5) is 0 Å². The number of carboxylic acids is 4. The smallest absolute Gasteiger partial charge is 0.318 e. The van der Waals surface area contributed by atoms with Gasteiger partial charge in [-0.05, 0) is 23.3 Å². The number of carboxylic acid groups (broad SMARTS) is 4. The zero-order chi connectivity index (χ0) is 20.7. The first-order valence-electron chi connectivity index (χ1n) is 8.20. The van der Waals surface area contributed by atoms with Gasteiger partial charge in [-0.25, -0.2) is 9.78 Å². The summed E-state index contributed by atoms with van der Waals surface area (Å²) < 4.78 is 0. The van der Waals surface area contributed by atoms with E-state index >= 15 is 0 Å². The molecule has 0 amide bonds. The van der Waals surface area contributed by atoms with Gasteiger partial charge in [0, 0.05) is 12.8 Å². The Morgan fingerprint density at radius 1 is 0.714 bits per heavy atom. The number of aliphatic carboxylic acids is 4. The Bertz CT molecular complexity index is 791. The topological polar surface area (TPSA) is 168 Å². The van der Waals surface area contributed by atoms with Crippen molar-refractivity contribution in [2.45, 2.75) is 24.0 Å². The summed E-state index contributed by atoms with van der Waals surface area (Å²) in [5.41, 5.74) is -2.24. The van der Waals surface area contributed by atoms with Crippen molar-refractivity contribution in [2.75, 3.05) is 0 Å². The average molecular weight is 392 g/mol. The van der Waals surface area contributed by atoms with Gasteiger partial charge in [0.25, 0.3) is 0 Å². The summed E-state index contributed by atoms with van der Waals surface area (Å²) in [7, 11) is 0. The van der Waals surface area contributed by atoms with Gasteiger partial charge in [-0.1, -0.05) is 24.3 Å². The number of hydrogen-bond donors (Lipinski definition) is 4. The second-order valence-electron chi connectivity index (χ2n) is 6.69. The number of carbonyl (C=O) groups is 4. The molecule has 0 spiro atoms. The molecule has 3 aliphatic rings. The van der Waals surface area contributed by atoms with Crippen molar-refractivity contribution in [3.63, 3.8) is 0 Å². The first kappa shape index (κ1) is 19.5. The molecule has 10 heteroatoms. The summed E-state index contributed by atoms with van der Waals surface area (Å²) in [5.74, 6) is -9.74. The maximum atomic E-state index is 11.3. The lowest BCUT2D eigenvalue weighted by molar-refractivity contribution is -0.426. The summed E-state index contributed by atoms with van der Waals surface area (Å²) in [5, 5.41) is 36.8. The maximum absolute atomic E-state index is 11.3. The van der Waals surface area contributed by atoms with Gasteiger partial charge in [0.05, 0.1) is 0 Å². The molecule has 2 bridgehead atoms. The number of rotatable bonds is 8. The Morgan fingerprint density at radius 2 is 1.04 bits per heavy atom. The quantitative estimate of drug-likeness (QED) is 0.284. The van der Waals surface area contributed by atoms with E-state index in [9.17, 15) is 39.6 Å². The fourth-order valence-corrected chi connectivity index (χ4v) is 3.55. The molecule has 10 nitrogen and oxygen atoms in total. The van der Waals surface area contributed by atoms with E-state index in [1.54, 1.807) is 24.3 Å². The van der Waals surface area contributed by atoms with E-state index in [2.05, 4.69) is 0 Å². The van der Waals surface area contributed by atoms with Crippen molar-refractivity contribution in [3.05, 3.63) is 47.5 Å². The number of hydrogen-bond acceptors (Lipinski definition) is 6. The molecule has 4 rings (SSSR count). The molecule has 0 aromatic heterocycles. The molecule has 28 heavy (non-hydrogen) atoms. The lowest BCUT2D eigenvalue weighted by Crippen LogP contribution is -2.50. The summed E-state index contributed by atoms with van der Waals surface area (Å²) in [4.78, 5) is 56.1. The molecular formula is C18H16O10. The van der Waals surface area contributed by atoms with Crippen molar-refractivity contribution in [1.29, 1.82) is 0 Å². The van der Waals surface area contributed by atoms with Crippen molar-refractivity contribution < 1.29 is 49.4 Å². The number of fused-ring (bicyclic) bond motifs is 1. The monoisotopic (exact) mass is 392 g/mol. The highest BCUT2D eigenvalue weighted by molar-refractivity contribution is 5.93. The highest BCUT2D eigenvalue weighted by atomic mass is 17.2. The van der Waals surface area contributed by atoms with Crippen molar-refractivity contribution in [3.8, 4) is 0 Å². The Balaban J connectivity index is 2.06. The standard InChI is InChI=1S/C18H16O10/c19-13(20)9(14(21)22)7-17-5-6-18(28-27-17,8-10(15(23)24)16(25)26)12-4-2-1-3-11(12)17/h1-6,9-10H,7-8H2,(H,19,20)(H,21,22)(H,23,24)(H,25,26)/t17-,18+. The van der Waals surface area contributed by atoms with Crippen molar-refractivity contribution in [2.24, 2.45) is 11.8 Å². The maximum Gasteiger partial charge on any atom is 0.318 e. The van der Waals surface area contributed by atoms with E-state index in [0.29, 0.717) is 11.1 Å². The molecule has 4 N–H and O–H groups in total. The van der Waals surface area contributed by atoms with Crippen molar-refractivity contribution in [1.82, 2.24) is 0 Å². The fourth-order valence-electron chi connectivity index (χ4n) is 3.55. The highest BCUT2D eigenvalue weighted by Crippen LogP contribution is 2.53. The van der Waals surface area contributed by atoms with Crippen LogP contribution in [-0.2, 0) is 40.2 Å². The van der Waals surface area contributed by atoms with Crippen LogP contribution in [0.25, 0.3) is 0 Å². The molecular weight excluding hydrogens is 376 g/mol. The molecule has 0 saturated carbocycles. The van der Waals surface area contributed by atoms with Gasteiger partial charge in [0.2, 0.25) is 0 Å². The minimum atomic E-state index is -1.78. The highest BCUT2D eigenvalue weighted by Gasteiger charge is 2.55. The summed E-state index contributed by atoms with van der Waals surface area (Å²) in [6, 6.07) is 6.39. The largest absolute Gasteiger partial charge is 0.481 e. The molecule has 2 heterocycles. The van der Waals surface area contributed by atoms with E-state index < -0.39 is 59.8 Å². The molecule has 0 saturated heterocycles. The Kier molecular flexibility index (Phi) is 4.69. The Morgan fingerprint density at radius 3 is 1.29 bits per heavy atom. The van der Waals surface area contributed by atoms with Crippen LogP contribution in [-0.4, -0.2) is 44.3 Å². The van der Waals surface area contributed by atoms with Crippen LogP contribution in [0, 0.1) is 11.8 Å². The second kappa shape index (κ2) is 6.73. The third-order valence-electron chi connectivity index (χ3n) is 5.01. The fraction of sp³-hybridized carbons (Fsp3) is 0.333. The average Bonchev–Trinajstić information content (AvgIpc) is 2.65. The molecule has 2 atom stereocenters. The van der Waals surface area contributed by atoms with E-state index in [-0.39, 0.29) is 0 Å². The molecule has 0 unspecified atom stereocenters. The predicted molar refractivity (Wildman–Crippen MR) is 87.9 cm³/mol. The third-order valence-corrected chi connectivity index (χ3v) is 5.01. The minimum absolute atomic E-state index is 0.394. The van der Waals surface area contributed by atoms with Gasteiger partial charge >= 0.3 is 23.9 Å². The van der Waals surface area contributed by atoms with Crippen LogP contribution in [0.3, 0.4) is 0 Å². The molecule has 1 aliphatic carbocycles. The van der Waals surface area contributed by atoms with Crippen LogP contribution >= 0.6 is 0 Å². The lowest BCUT2D eigenvalue weighted by Gasteiger charge is -2.49. The first-order chi connectivity index (χ1) is 13.1. The predicted octanol–water partition coefficient (Wildman–Crippen LogP) is 0.960. The SMILES string of the molecule is O=C(O)C(C[C@@]12C=C[C@@](CC(C(=O)O)C(=O)O)(OO1)c1ccccc12)C(=O)O. The minimum Gasteiger partial charge on any atom is -0.481 e. The summed E-state index contributed by atoms with van der Waals surface area (Å²) in [6.07, 6.45) is 1.86. The number of benzene rings is 1. The zero-order valence-corrected chi connectivity index (χ0v) is 14.3. The lowest BCUT2D eigenvalue weighted by atomic mass is 9.70. The molecule has 1 aromatic rings. The van der Waals surface area contributed by atoms with E-state index in [0.717, 1.165) is 0 Å². The van der Waals surface area contributed by atoms with E-state index in [1.807, 2.05) is 0 Å². The van der Waals surface area contributed by atoms with Gasteiger partial charge in [-0.15, -0.1) is 0 Å². The summed E-state index contributed by atoms with van der Waals surface area (Å²) in [6.45, 7) is 0. The molecule has 148 valence electrons. The second-order valence-corrected chi connectivity index (χ2v) is 6.69. The Labute approximate surface area is 157 Å². The van der Waals surface area contributed by atoms with Gasteiger partial charge in [0.1, 0.15) is 11.2 Å². The van der Waals surface area contributed by atoms with Crippen LogP contribution in [0.1, 0.15) is 24.0 Å². The molecule has 0 radical (unpaired) electrons.